The molecule has 0 spiro atoms. The summed E-state index contributed by atoms with van der Waals surface area (Å²) in [5.74, 6) is -0.895. The average molecular weight is 277 g/mol. The van der Waals surface area contributed by atoms with Gasteiger partial charge in [0.1, 0.15) is 5.82 Å². The molecule has 1 aliphatic carbocycles. The van der Waals surface area contributed by atoms with Crippen LogP contribution in [0.15, 0.2) is 12.1 Å². The van der Waals surface area contributed by atoms with Gasteiger partial charge in [-0.25, -0.2) is 4.98 Å². The summed E-state index contributed by atoms with van der Waals surface area (Å²) in [5.41, 5.74) is 6.20. The number of hydrogen-bond acceptors (Lipinski definition) is 4. The Labute approximate surface area is 117 Å². The molecule has 0 aliphatic heterocycles. The summed E-state index contributed by atoms with van der Waals surface area (Å²) in [6, 6.07) is 3.36. The number of primary amides is 1. The minimum absolute atomic E-state index is 0.137. The number of amides is 1. The molecule has 108 valence electrons. The Morgan fingerprint density at radius 2 is 2.15 bits per heavy atom. The fourth-order valence-electron chi connectivity index (χ4n) is 2.58. The molecule has 0 bridgehead atoms. The van der Waals surface area contributed by atoms with E-state index in [1.54, 1.807) is 12.1 Å². The predicted octanol–water partition coefficient (Wildman–Crippen LogP) is 1.55. The molecule has 1 heterocycles. The highest BCUT2D eigenvalue weighted by molar-refractivity contribution is 5.97. The Kier molecular flexibility index (Phi) is 3.92. The zero-order valence-electron chi connectivity index (χ0n) is 11.5. The minimum Gasteiger partial charge on any atom is -0.481 e. The van der Waals surface area contributed by atoms with Crippen molar-refractivity contribution in [1.82, 2.24) is 4.98 Å². The van der Waals surface area contributed by atoms with E-state index in [-0.39, 0.29) is 11.8 Å². The van der Waals surface area contributed by atoms with Crippen molar-refractivity contribution in [1.29, 1.82) is 0 Å². The van der Waals surface area contributed by atoms with Crippen LogP contribution in [0, 0.1) is 12.3 Å². The molecule has 6 nitrogen and oxygen atoms in total. The standard InChI is InChI=1S/C14H19N3O3/c1-9-3-4-10(12(15)20)13(17-9)16-8-14(5-2-6-14)7-11(18)19/h3-4H,2,5-8H2,1H3,(H2,15,20)(H,16,17)(H,18,19). The van der Waals surface area contributed by atoms with Crippen molar-refractivity contribution in [3.05, 3.63) is 23.4 Å². The number of nitrogens with zero attached hydrogens (tertiary/aromatic N) is 1. The second kappa shape index (κ2) is 5.48. The van der Waals surface area contributed by atoms with Gasteiger partial charge in [0.05, 0.1) is 12.0 Å². The van der Waals surface area contributed by atoms with Gasteiger partial charge in [0.15, 0.2) is 0 Å². The lowest BCUT2D eigenvalue weighted by atomic mass is 9.66. The van der Waals surface area contributed by atoms with Gasteiger partial charge in [0.2, 0.25) is 0 Å². The SMILES string of the molecule is Cc1ccc(C(N)=O)c(NCC2(CC(=O)O)CCC2)n1. The third-order valence-corrected chi connectivity index (χ3v) is 3.87. The van der Waals surface area contributed by atoms with Crippen LogP contribution in [-0.2, 0) is 4.79 Å². The Bertz CT molecular complexity index is 538. The highest BCUT2D eigenvalue weighted by Crippen LogP contribution is 2.44. The van der Waals surface area contributed by atoms with Crippen LogP contribution in [0.5, 0.6) is 0 Å². The van der Waals surface area contributed by atoms with E-state index >= 15 is 0 Å². The van der Waals surface area contributed by atoms with E-state index in [9.17, 15) is 9.59 Å². The smallest absolute Gasteiger partial charge is 0.303 e. The van der Waals surface area contributed by atoms with Crippen LogP contribution in [-0.4, -0.2) is 28.5 Å². The number of aromatic nitrogens is 1. The lowest BCUT2D eigenvalue weighted by Crippen LogP contribution is -2.39. The van der Waals surface area contributed by atoms with Gasteiger partial charge in [-0.3, -0.25) is 9.59 Å². The third kappa shape index (κ3) is 3.07. The largest absolute Gasteiger partial charge is 0.481 e. The molecule has 1 aromatic heterocycles. The quantitative estimate of drug-likeness (QED) is 0.731. The van der Waals surface area contributed by atoms with Crippen LogP contribution in [0.2, 0.25) is 0 Å². The first-order valence-electron chi connectivity index (χ1n) is 6.65. The summed E-state index contributed by atoms with van der Waals surface area (Å²) < 4.78 is 0. The lowest BCUT2D eigenvalue weighted by molar-refractivity contribution is -0.141. The first-order valence-corrected chi connectivity index (χ1v) is 6.65. The van der Waals surface area contributed by atoms with Crippen LogP contribution in [0.3, 0.4) is 0 Å². The minimum atomic E-state index is -0.793. The molecule has 0 aromatic carbocycles. The van der Waals surface area contributed by atoms with Gasteiger partial charge in [-0.2, -0.15) is 0 Å². The molecule has 4 N–H and O–H groups in total. The molecule has 6 heteroatoms. The number of carboxylic acids is 1. The molecule has 1 saturated carbocycles. The number of hydrogen-bond donors (Lipinski definition) is 3. The van der Waals surface area contributed by atoms with E-state index in [1.165, 1.54) is 0 Å². The Morgan fingerprint density at radius 1 is 1.45 bits per heavy atom. The van der Waals surface area contributed by atoms with Crippen LogP contribution < -0.4 is 11.1 Å². The summed E-state index contributed by atoms with van der Waals surface area (Å²) in [4.78, 5) is 26.6. The zero-order chi connectivity index (χ0) is 14.8. The lowest BCUT2D eigenvalue weighted by Gasteiger charge is -2.41. The highest BCUT2D eigenvalue weighted by Gasteiger charge is 2.39. The maximum absolute atomic E-state index is 11.4. The van der Waals surface area contributed by atoms with Gasteiger partial charge in [0.25, 0.3) is 5.91 Å². The average Bonchev–Trinajstić information content (AvgIpc) is 2.31. The van der Waals surface area contributed by atoms with Crippen molar-refractivity contribution in [3.8, 4) is 0 Å². The Morgan fingerprint density at radius 3 is 2.65 bits per heavy atom. The summed E-state index contributed by atoms with van der Waals surface area (Å²) in [6.45, 7) is 2.32. The van der Waals surface area contributed by atoms with Crippen molar-refractivity contribution >= 4 is 17.7 Å². The molecule has 0 radical (unpaired) electrons. The van der Waals surface area contributed by atoms with Crippen LogP contribution >= 0.6 is 0 Å². The van der Waals surface area contributed by atoms with Crippen molar-refractivity contribution in [2.75, 3.05) is 11.9 Å². The fraction of sp³-hybridized carbons (Fsp3) is 0.500. The molecular weight excluding hydrogens is 258 g/mol. The van der Waals surface area contributed by atoms with E-state index in [4.69, 9.17) is 10.8 Å². The monoisotopic (exact) mass is 277 g/mol. The second-order valence-electron chi connectivity index (χ2n) is 5.49. The van der Waals surface area contributed by atoms with Crippen molar-refractivity contribution < 1.29 is 14.7 Å². The summed E-state index contributed by atoms with van der Waals surface area (Å²) in [5, 5.41) is 12.1. The zero-order valence-corrected chi connectivity index (χ0v) is 11.5. The van der Waals surface area contributed by atoms with Gasteiger partial charge in [-0.1, -0.05) is 6.42 Å². The predicted molar refractivity (Wildman–Crippen MR) is 74.5 cm³/mol. The molecule has 1 aliphatic rings. The van der Waals surface area contributed by atoms with Gasteiger partial charge in [-0.15, -0.1) is 0 Å². The molecular formula is C14H19N3O3. The number of carbonyl (C=O) groups excluding carboxylic acids is 1. The molecule has 2 rings (SSSR count). The molecule has 1 fully saturated rings. The number of nitrogens with two attached hydrogens (primary N) is 1. The number of carbonyl (C=O) groups is 2. The van der Waals surface area contributed by atoms with Crippen LogP contribution in [0.25, 0.3) is 0 Å². The molecule has 1 aromatic rings. The van der Waals surface area contributed by atoms with E-state index in [1.807, 2.05) is 6.92 Å². The normalized spacial score (nSPS) is 16.2. The number of pyridine rings is 1. The molecule has 0 atom stereocenters. The van der Waals surface area contributed by atoms with E-state index in [0.717, 1.165) is 25.0 Å². The fourth-order valence-corrected chi connectivity index (χ4v) is 2.58. The van der Waals surface area contributed by atoms with Crippen molar-refractivity contribution in [2.24, 2.45) is 11.1 Å². The maximum atomic E-state index is 11.4. The Balaban J connectivity index is 2.12. The highest BCUT2D eigenvalue weighted by atomic mass is 16.4. The molecule has 1 amide bonds. The summed E-state index contributed by atoms with van der Waals surface area (Å²) in [6.07, 6.45) is 2.94. The van der Waals surface area contributed by atoms with Gasteiger partial charge in [0, 0.05) is 12.2 Å². The van der Waals surface area contributed by atoms with E-state index in [0.29, 0.717) is 17.9 Å². The molecule has 20 heavy (non-hydrogen) atoms. The van der Waals surface area contributed by atoms with Crippen LogP contribution in [0.4, 0.5) is 5.82 Å². The second-order valence-corrected chi connectivity index (χ2v) is 5.49. The number of aliphatic carboxylic acids is 1. The topological polar surface area (TPSA) is 105 Å². The maximum Gasteiger partial charge on any atom is 0.303 e. The van der Waals surface area contributed by atoms with Crippen molar-refractivity contribution in [3.63, 3.8) is 0 Å². The number of nitrogens with one attached hydrogen (secondary N) is 1. The van der Waals surface area contributed by atoms with Gasteiger partial charge in [-0.05, 0) is 37.3 Å². The first kappa shape index (κ1) is 14.3. The van der Waals surface area contributed by atoms with Gasteiger partial charge < -0.3 is 16.2 Å². The number of aryl methyl sites for hydroxylation is 1. The van der Waals surface area contributed by atoms with Gasteiger partial charge >= 0.3 is 5.97 Å². The summed E-state index contributed by atoms with van der Waals surface area (Å²) in [7, 11) is 0. The Hall–Kier alpha value is -2.11. The first-order chi connectivity index (χ1) is 9.42. The van der Waals surface area contributed by atoms with Crippen molar-refractivity contribution in [2.45, 2.75) is 32.6 Å². The van der Waals surface area contributed by atoms with Crippen LogP contribution in [0.1, 0.15) is 41.7 Å². The number of rotatable bonds is 6. The third-order valence-electron chi connectivity index (χ3n) is 3.87. The molecule has 0 unspecified atom stereocenters. The molecule has 0 saturated heterocycles. The summed E-state index contributed by atoms with van der Waals surface area (Å²) >= 11 is 0. The number of carboxylic acid groups (broad SMARTS) is 1. The van der Waals surface area contributed by atoms with E-state index < -0.39 is 11.9 Å². The van der Waals surface area contributed by atoms with E-state index in [2.05, 4.69) is 10.3 Å². The number of anilines is 1.